The number of thiocarbonyl (C=S) groups is 1. The van der Waals surface area contributed by atoms with E-state index in [1.165, 1.54) is 19.3 Å². The summed E-state index contributed by atoms with van der Waals surface area (Å²) < 4.78 is 28.0. The first-order valence-electron chi connectivity index (χ1n) is 7.39. The molecule has 0 radical (unpaired) electrons. The fourth-order valence-electron chi connectivity index (χ4n) is 4.55. The summed E-state index contributed by atoms with van der Waals surface area (Å²) in [5.74, 6) is 2.65. The molecule has 1 aromatic rings. The molecule has 3 saturated carbocycles. The monoisotopic (exact) mass is 322 g/mol. The van der Waals surface area contributed by atoms with E-state index >= 15 is 0 Å². The first kappa shape index (κ1) is 13.7. The minimum Gasteiger partial charge on any atom is -0.389 e. The quantitative estimate of drug-likeness (QED) is 0.827. The number of nitrogens with one attached hydrogen (secondary N) is 1. The molecule has 4 unspecified atom stereocenters. The fourth-order valence-corrected chi connectivity index (χ4v) is 6.02. The predicted molar refractivity (Wildman–Crippen MR) is 84.2 cm³/mol. The van der Waals surface area contributed by atoms with Crippen LogP contribution >= 0.6 is 12.2 Å². The van der Waals surface area contributed by atoms with Crippen molar-refractivity contribution >= 4 is 27.2 Å². The van der Waals surface area contributed by atoms with Crippen LogP contribution in [0.3, 0.4) is 0 Å². The van der Waals surface area contributed by atoms with E-state index in [0.717, 1.165) is 11.8 Å². The van der Waals surface area contributed by atoms with E-state index in [-0.39, 0.29) is 15.9 Å². The smallest absolute Gasteiger partial charge is 0.240 e. The Bertz CT molecular complexity index is 700. The molecule has 0 spiro atoms. The van der Waals surface area contributed by atoms with Crippen LogP contribution in [0.5, 0.6) is 0 Å². The summed E-state index contributed by atoms with van der Waals surface area (Å²) in [6.07, 6.45) is 3.87. The van der Waals surface area contributed by atoms with Crippen molar-refractivity contribution < 1.29 is 8.42 Å². The van der Waals surface area contributed by atoms with Crippen LogP contribution in [-0.4, -0.2) is 19.4 Å². The van der Waals surface area contributed by atoms with Gasteiger partial charge in [0.05, 0.1) is 4.90 Å². The minimum atomic E-state index is -3.48. The number of nitrogens with two attached hydrogens (primary N) is 1. The van der Waals surface area contributed by atoms with Gasteiger partial charge in [-0.25, -0.2) is 13.1 Å². The van der Waals surface area contributed by atoms with Gasteiger partial charge in [-0.2, -0.15) is 0 Å². The van der Waals surface area contributed by atoms with Crippen molar-refractivity contribution in [1.29, 1.82) is 0 Å². The second-order valence-corrected chi connectivity index (χ2v) is 8.68. The average molecular weight is 322 g/mol. The van der Waals surface area contributed by atoms with Crippen molar-refractivity contribution in [2.45, 2.75) is 30.2 Å². The largest absolute Gasteiger partial charge is 0.389 e. The number of benzene rings is 1. The second-order valence-electron chi connectivity index (χ2n) is 6.53. The van der Waals surface area contributed by atoms with Crippen LogP contribution in [0.4, 0.5) is 0 Å². The molecule has 1 aromatic carbocycles. The summed E-state index contributed by atoms with van der Waals surface area (Å²) in [7, 11) is -3.48. The number of sulfonamides is 1. The highest BCUT2D eigenvalue weighted by Gasteiger charge is 2.65. The van der Waals surface area contributed by atoms with Gasteiger partial charge in [0.1, 0.15) is 4.99 Å². The van der Waals surface area contributed by atoms with Gasteiger partial charge >= 0.3 is 0 Å². The molecular weight excluding hydrogens is 304 g/mol. The van der Waals surface area contributed by atoms with Crippen molar-refractivity contribution in [2.75, 3.05) is 0 Å². The van der Waals surface area contributed by atoms with Crippen LogP contribution in [0.15, 0.2) is 29.2 Å². The molecule has 3 fully saturated rings. The molecule has 2 bridgehead atoms. The first-order valence-corrected chi connectivity index (χ1v) is 9.29. The fraction of sp³-hybridized carbons (Fsp3) is 0.533. The van der Waals surface area contributed by atoms with Gasteiger partial charge < -0.3 is 5.73 Å². The minimum absolute atomic E-state index is 0.148. The van der Waals surface area contributed by atoms with Crippen molar-refractivity contribution in [3.05, 3.63) is 29.8 Å². The Hall–Kier alpha value is -0.980. The van der Waals surface area contributed by atoms with Crippen molar-refractivity contribution in [3.8, 4) is 0 Å². The Balaban J connectivity index is 1.55. The van der Waals surface area contributed by atoms with Gasteiger partial charge in [-0.15, -0.1) is 0 Å². The lowest BCUT2D eigenvalue weighted by Gasteiger charge is -2.12. The molecule has 4 rings (SSSR count). The van der Waals surface area contributed by atoms with Crippen LogP contribution in [0.1, 0.15) is 24.8 Å². The summed E-state index contributed by atoms with van der Waals surface area (Å²) in [6.45, 7) is 0. The molecule has 3 N–H and O–H groups in total. The van der Waals surface area contributed by atoms with Gasteiger partial charge in [0, 0.05) is 11.6 Å². The maximum absolute atomic E-state index is 12.5. The van der Waals surface area contributed by atoms with Gasteiger partial charge in [-0.05, 0) is 55.1 Å². The van der Waals surface area contributed by atoms with Crippen LogP contribution in [0, 0.1) is 23.7 Å². The lowest BCUT2D eigenvalue weighted by atomic mass is 10.0. The zero-order valence-corrected chi connectivity index (χ0v) is 13.2. The molecular formula is C15H18N2O2S2. The van der Waals surface area contributed by atoms with Crippen LogP contribution in [-0.2, 0) is 10.0 Å². The molecule has 3 aliphatic rings. The van der Waals surface area contributed by atoms with E-state index in [2.05, 4.69) is 4.72 Å². The van der Waals surface area contributed by atoms with Gasteiger partial charge in [0.15, 0.2) is 0 Å². The molecule has 4 atom stereocenters. The van der Waals surface area contributed by atoms with Gasteiger partial charge in [-0.1, -0.05) is 24.4 Å². The summed E-state index contributed by atoms with van der Waals surface area (Å²) in [5.41, 5.74) is 6.16. The number of hydrogen-bond donors (Lipinski definition) is 2. The molecule has 0 amide bonds. The average Bonchev–Trinajstić information content (AvgIpc) is 2.85. The maximum Gasteiger partial charge on any atom is 0.240 e. The highest BCUT2D eigenvalue weighted by molar-refractivity contribution is 7.89. The van der Waals surface area contributed by atoms with Crippen LogP contribution < -0.4 is 10.5 Å². The molecule has 3 aliphatic carbocycles. The lowest BCUT2D eigenvalue weighted by Crippen LogP contribution is -2.30. The van der Waals surface area contributed by atoms with Crippen LogP contribution in [0.2, 0.25) is 0 Å². The SMILES string of the molecule is NC(=S)c1cccc(S(=O)(=O)NC2C3C4CCC(C4)C23)c1. The standard InChI is InChI=1S/C15H18N2O2S2/c16-15(20)10-2-1-3-11(7-10)21(18,19)17-14-12-8-4-5-9(6-8)13(12)14/h1-3,7-9,12-14,17H,4-6H2,(H2,16,20). The topological polar surface area (TPSA) is 72.2 Å². The van der Waals surface area contributed by atoms with E-state index in [1.807, 2.05) is 0 Å². The Morgan fingerprint density at radius 3 is 2.52 bits per heavy atom. The Morgan fingerprint density at radius 2 is 1.90 bits per heavy atom. The van der Waals surface area contributed by atoms with Gasteiger partial charge in [0.25, 0.3) is 0 Å². The van der Waals surface area contributed by atoms with Gasteiger partial charge in [-0.3, -0.25) is 0 Å². The molecule has 0 aliphatic heterocycles. The highest BCUT2D eigenvalue weighted by Crippen LogP contribution is 2.65. The van der Waals surface area contributed by atoms with E-state index in [4.69, 9.17) is 18.0 Å². The summed E-state index contributed by atoms with van der Waals surface area (Å²) in [6, 6.07) is 6.71. The van der Waals surface area contributed by atoms with Crippen molar-refractivity contribution in [2.24, 2.45) is 29.4 Å². The Morgan fingerprint density at radius 1 is 1.24 bits per heavy atom. The third-order valence-electron chi connectivity index (χ3n) is 5.46. The van der Waals surface area contributed by atoms with Crippen LogP contribution in [0.25, 0.3) is 0 Å². The molecule has 112 valence electrons. The lowest BCUT2D eigenvalue weighted by molar-refractivity contribution is 0.456. The molecule has 0 aromatic heterocycles. The van der Waals surface area contributed by atoms with E-state index in [1.54, 1.807) is 24.3 Å². The van der Waals surface area contributed by atoms with Gasteiger partial charge in [0.2, 0.25) is 10.0 Å². The maximum atomic E-state index is 12.5. The zero-order chi connectivity index (χ0) is 14.8. The number of hydrogen-bond acceptors (Lipinski definition) is 3. The first-order chi connectivity index (χ1) is 9.97. The van der Waals surface area contributed by atoms with E-state index in [9.17, 15) is 8.42 Å². The molecule has 0 saturated heterocycles. The van der Waals surface area contributed by atoms with E-state index in [0.29, 0.717) is 17.4 Å². The zero-order valence-electron chi connectivity index (χ0n) is 11.5. The molecule has 0 heterocycles. The normalized spacial score (nSPS) is 36.5. The van der Waals surface area contributed by atoms with Crippen molar-refractivity contribution in [3.63, 3.8) is 0 Å². The third-order valence-corrected chi connectivity index (χ3v) is 7.15. The predicted octanol–water partition coefficient (Wildman–Crippen LogP) is 1.64. The van der Waals surface area contributed by atoms with E-state index < -0.39 is 10.0 Å². The highest BCUT2D eigenvalue weighted by atomic mass is 32.2. The summed E-state index contributed by atoms with van der Waals surface area (Å²) in [5, 5.41) is 0. The number of rotatable bonds is 4. The Labute approximate surface area is 130 Å². The summed E-state index contributed by atoms with van der Waals surface area (Å²) in [4.78, 5) is 0.471. The summed E-state index contributed by atoms with van der Waals surface area (Å²) >= 11 is 4.91. The van der Waals surface area contributed by atoms with Crippen molar-refractivity contribution in [1.82, 2.24) is 4.72 Å². The Kier molecular flexibility index (Phi) is 2.93. The second kappa shape index (κ2) is 4.51. The third kappa shape index (κ3) is 2.12. The molecule has 6 heteroatoms. The molecule has 4 nitrogen and oxygen atoms in total. The number of fused-ring (bicyclic) bond motifs is 5. The molecule has 21 heavy (non-hydrogen) atoms.